The van der Waals surface area contributed by atoms with Gasteiger partial charge in [-0.2, -0.15) is 4.58 Å². The van der Waals surface area contributed by atoms with Crippen LogP contribution in [0.5, 0.6) is 0 Å². The molecule has 1 aliphatic rings. The number of nitrogens with zero attached hydrogens (tertiary/aromatic N) is 1. The number of ether oxygens (including phenoxy) is 1. The van der Waals surface area contributed by atoms with Gasteiger partial charge in [-0.1, -0.05) is 20.8 Å². The van der Waals surface area contributed by atoms with Crippen molar-refractivity contribution in [3.05, 3.63) is 0 Å². The van der Waals surface area contributed by atoms with Gasteiger partial charge in [0.1, 0.15) is 7.05 Å². The minimum Gasteiger partial charge on any atom is -0.441 e. The molecule has 1 rings (SSSR count). The van der Waals surface area contributed by atoms with E-state index in [0.29, 0.717) is 12.0 Å². The van der Waals surface area contributed by atoms with Gasteiger partial charge in [0.05, 0.1) is 6.42 Å². The van der Waals surface area contributed by atoms with Crippen molar-refractivity contribution in [2.24, 2.45) is 5.92 Å². The van der Waals surface area contributed by atoms with Crippen molar-refractivity contribution in [3.63, 3.8) is 0 Å². The van der Waals surface area contributed by atoms with Crippen molar-refractivity contribution in [1.82, 2.24) is 0 Å². The van der Waals surface area contributed by atoms with Crippen molar-refractivity contribution in [2.45, 2.75) is 33.2 Å². The van der Waals surface area contributed by atoms with Crippen LogP contribution in [0.15, 0.2) is 0 Å². The van der Waals surface area contributed by atoms with Crippen LogP contribution >= 0.6 is 0 Å². The first kappa shape index (κ1) is 8.57. The topological polar surface area (TPSA) is 12.2 Å². The fourth-order valence-electron chi connectivity index (χ4n) is 1.57. The van der Waals surface area contributed by atoms with Crippen LogP contribution in [0.2, 0.25) is 0 Å². The van der Waals surface area contributed by atoms with Gasteiger partial charge in [-0.3, -0.25) is 0 Å². The number of likely N-dealkylation sites (N-methyl/N-ethyl adjacent to an activating group) is 1. The Morgan fingerprint density at radius 2 is 2.27 bits per heavy atom. The summed E-state index contributed by atoms with van der Waals surface area (Å²) in [5, 5.41) is 0. The van der Waals surface area contributed by atoms with Crippen molar-refractivity contribution in [1.29, 1.82) is 0 Å². The maximum absolute atomic E-state index is 5.53. The molecule has 0 aromatic rings. The Bertz CT molecular complexity index is 172. The SMILES string of the molecule is CCC1=[N+](C)[C@H](C(C)C)CO1. The summed E-state index contributed by atoms with van der Waals surface area (Å²) in [5.74, 6) is 1.83. The molecule has 0 N–H and O–H groups in total. The molecule has 0 unspecified atom stereocenters. The molecule has 0 saturated carbocycles. The Balaban J connectivity index is 2.69. The highest BCUT2D eigenvalue weighted by atomic mass is 16.5. The molecule has 0 bridgehead atoms. The second kappa shape index (κ2) is 3.24. The summed E-state index contributed by atoms with van der Waals surface area (Å²) in [5.41, 5.74) is 0. The summed E-state index contributed by atoms with van der Waals surface area (Å²) < 4.78 is 7.80. The fraction of sp³-hybridized carbons (Fsp3) is 0.889. The summed E-state index contributed by atoms with van der Waals surface area (Å²) in [6.07, 6.45) is 1.01. The van der Waals surface area contributed by atoms with Gasteiger partial charge in [0.2, 0.25) is 0 Å². The van der Waals surface area contributed by atoms with Crippen molar-refractivity contribution in [3.8, 4) is 0 Å². The Kier molecular flexibility index (Phi) is 2.53. The fourth-order valence-corrected chi connectivity index (χ4v) is 1.57. The third-order valence-electron chi connectivity index (χ3n) is 2.38. The van der Waals surface area contributed by atoms with Gasteiger partial charge in [0.15, 0.2) is 12.6 Å². The van der Waals surface area contributed by atoms with Crippen LogP contribution in [0.25, 0.3) is 0 Å². The Labute approximate surface area is 68.9 Å². The molecule has 2 heteroatoms. The van der Waals surface area contributed by atoms with Crippen LogP contribution in [0, 0.1) is 5.92 Å². The van der Waals surface area contributed by atoms with Gasteiger partial charge >= 0.3 is 5.90 Å². The molecule has 0 fully saturated rings. The maximum Gasteiger partial charge on any atom is 0.336 e. The molecular weight excluding hydrogens is 138 g/mol. The number of rotatable bonds is 2. The van der Waals surface area contributed by atoms with Gasteiger partial charge in [-0.05, 0) is 0 Å². The Morgan fingerprint density at radius 1 is 1.64 bits per heavy atom. The lowest BCUT2D eigenvalue weighted by atomic mass is 10.1. The quantitative estimate of drug-likeness (QED) is 0.552. The predicted octanol–water partition coefficient (Wildman–Crippen LogP) is 1.49. The van der Waals surface area contributed by atoms with E-state index in [1.165, 1.54) is 0 Å². The normalized spacial score (nSPS) is 24.6. The van der Waals surface area contributed by atoms with Crippen molar-refractivity contribution < 1.29 is 9.31 Å². The molecule has 0 amide bonds. The van der Waals surface area contributed by atoms with E-state index in [1.54, 1.807) is 0 Å². The van der Waals surface area contributed by atoms with E-state index >= 15 is 0 Å². The lowest BCUT2D eigenvalue weighted by Gasteiger charge is -2.07. The van der Waals surface area contributed by atoms with E-state index in [1.807, 2.05) is 0 Å². The minimum absolute atomic E-state index is 0.588. The van der Waals surface area contributed by atoms with E-state index in [4.69, 9.17) is 4.74 Å². The van der Waals surface area contributed by atoms with Crippen LogP contribution < -0.4 is 0 Å². The van der Waals surface area contributed by atoms with Crippen molar-refractivity contribution in [2.75, 3.05) is 13.7 Å². The van der Waals surface area contributed by atoms with E-state index in [9.17, 15) is 0 Å². The van der Waals surface area contributed by atoms with E-state index in [2.05, 4.69) is 32.4 Å². The summed E-state index contributed by atoms with van der Waals surface area (Å²) in [6.45, 7) is 7.48. The molecular formula is C9H18NO+. The zero-order chi connectivity index (χ0) is 8.43. The highest BCUT2D eigenvalue weighted by Crippen LogP contribution is 2.13. The first-order valence-corrected chi connectivity index (χ1v) is 4.38. The first-order valence-electron chi connectivity index (χ1n) is 4.38. The minimum atomic E-state index is 0.588. The largest absolute Gasteiger partial charge is 0.441 e. The third-order valence-corrected chi connectivity index (χ3v) is 2.38. The second-order valence-electron chi connectivity index (χ2n) is 3.48. The standard InChI is InChI=1S/C9H18NO/c1-5-9-10(4)8(6-11-9)7(2)3/h7-8H,5-6H2,1-4H3/q+1/t8-/m0/s1. The smallest absolute Gasteiger partial charge is 0.336 e. The van der Waals surface area contributed by atoms with Crippen LogP contribution in [0.3, 0.4) is 0 Å². The molecule has 1 heterocycles. The maximum atomic E-state index is 5.53. The monoisotopic (exact) mass is 156 g/mol. The van der Waals surface area contributed by atoms with E-state index in [0.717, 1.165) is 18.9 Å². The molecule has 1 aliphatic heterocycles. The lowest BCUT2D eigenvalue weighted by Crippen LogP contribution is -2.27. The van der Waals surface area contributed by atoms with Crippen LogP contribution in [0.4, 0.5) is 0 Å². The zero-order valence-electron chi connectivity index (χ0n) is 7.92. The molecule has 0 spiro atoms. The predicted molar refractivity (Wildman–Crippen MR) is 46.1 cm³/mol. The molecule has 0 saturated heterocycles. The first-order chi connectivity index (χ1) is 5.16. The molecule has 0 radical (unpaired) electrons. The molecule has 1 atom stereocenters. The molecule has 0 aliphatic carbocycles. The van der Waals surface area contributed by atoms with Crippen LogP contribution in [-0.4, -0.2) is 30.2 Å². The highest BCUT2D eigenvalue weighted by Gasteiger charge is 2.32. The number of hydrogen-bond acceptors (Lipinski definition) is 1. The molecule has 64 valence electrons. The number of hydrogen-bond donors (Lipinski definition) is 0. The molecule has 2 nitrogen and oxygen atoms in total. The third kappa shape index (κ3) is 1.55. The molecule has 0 aromatic heterocycles. The Hall–Kier alpha value is -0.530. The van der Waals surface area contributed by atoms with Crippen molar-refractivity contribution >= 4 is 5.90 Å². The van der Waals surface area contributed by atoms with Gasteiger partial charge in [0.25, 0.3) is 0 Å². The summed E-state index contributed by atoms with van der Waals surface area (Å²) >= 11 is 0. The molecule has 11 heavy (non-hydrogen) atoms. The summed E-state index contributed by atoms with van der Waals surface area (Å²) in [7, 11) is 2.12. The van der Waals surface area contributed by atoms with Gasteiger partial charge in [0, 0.05) is 5.92 Å². The van der Waals surface area contributed by atoms with Crippen LogP contribution in [0.1, 0.15) is 27.2 Å². The zero-order valence-corrected chi connectivity index (χ0v) is 7.92. The summed E-state index contributed by atoms with van der Waals surface area (Å²) in [4.78, 5) is 0. The van der Waals surface area contributed by atoms with Crippen LogP contribution in [-0.2, 0) is 4.74 Å². The van der Waals surface area contributed by atoms with Gasteiger partial charge in [-0.25, -0.2) is 0 Å². The average Bonchev–Trinajstić information content (AvgIpc) is 2.30. The second-order valence-corrected chi connectivity index (χ2v) is 3.48. The Morgan fingerprint density at radius 3 is 2.55 bits per heavy atom. The lowest BCUT2D eigenvalue weighted by molar-refractivity contribution is -0.535. The van der Waals surface area contributed by atoms with Gasteiger partial charge in [-0.15, -0.1) is 0 Å². The van der Waals surface area contributed by atoms with E-state index in [-0.39, 0.29) is 0 Å². The highest BCUT2D eigenvalue weighted by molar-refractivity contribution is 5.71. The van der Waals surface area contributed by atoms with E-state index < -0.39 is 0 Å². The van der Waals surface area contributed by atoms with Gasteiger partial charge < -0.3 is 4.74 Å². The summed E-state index contributed by atoms with van der Waals surface area (Å²) in [6, 6.07) is 0.588. The molecule has 0 aromatic carbocycles. The average molecular weight is 156 g/mol.